The van der Waals surface area contributed by atoms with E-state index < -0.39 is 23.3 Å². The minimum atomic E-state index is -0.554. The lowest BCUT2D eigenvalue weighted by Crippen LogP contribution is -2.39. The second kappa shape index (κ2) is 8.96. The maximum absolute atomic E-state index is 12.2. The highest BCUT2D eigenvalue weighted by Crippen LogP contribution is 2.45. The molecule has 1 unspecified atom stereocenters. The fraction of sp³-hybridized carbons (Fsp3) is 0.440. The molecule has 2 aromatic rings. The Balaban J connectivity index is 1.40. The molecule has 0 bridgehead atoms. The molecule has 0 radical (unpaired) electrons. The first kappa shape index (κ1) is 23.5. The lowest BCUT2D eigenvalue weighted by molar-refractivity contribution is -0.119. The number of aromatic nitrogens is 1. The highest BCUT2D eigenvalue weighted by molar-refractivity contribution is 5.90. The van der Waals surface area contributed by atoms with Gasteiger partial charge in [-0.25, -0.2) is 9.59 Å². The Morgan fingerprint density at radius 3 is 2.38 bits per heavy atom. The molecule has 180 valence electrons. The molecule has 1 aliphatic carbocycles. The van der Waals surface area contributed by atoms with Crippen LogP contribution in [0.3, 0.4) is 0 Å². The number of ether oxygens (including phenoxy) is 2. The number of alkyl carbamates (subject to hydrolysis) is 1. The number of nitrogens with one attached hydrogen (secondary N) is 2. The first-order chi connectivity index (χ1) is 16.0. The van der Waals surface area contributed by atoms with Crippen LogP contribution in [0.15, 0.2) is 42.6 Å². The third-order valence-corrected chi connectivity index (χ3v) is 5.71. The van der Waals surface area contributed by atoms with E-state index in [0.717, 1.165) is 35.3 Å². The minimum absolute atomic E-state index is 0.160. The first-order valence-electron chi connectivity index (χ1n) is 11.4. The Bertz CT molecular complexity index is 1070. The summed E-state index contributed by atoms with van der Waals surface area (Å²) in [6.07, 6.45) is 2.18. The van der Waals surface area contributed by atoms with Gasteiger partial charge in [-0.2, -0.15) is 0 Å². The molecular formula is C25H30N4O5. The van der Waals surface area contributed by atoms with Crippen molar-refractivity contribution in [1.29, 1.82) is 0 Å². The SMILES string of the molecule is CC(=O)NCC1CN(c2ccc(-c3ccc(C4(NC(=O)OC(C)(C)C)CC4)nc3)cc2)C(=O)O1. The van der Waals surface area contributed by atoms with Crippen LogP contribution in [0.2, 0.25) is 0 Å². The van der Waals surface area contributed by atoms with Crippen molar-refractivity contribution < 1.29 is 23.9 Å². The summed E-state index contributed by atoms with van der Waals surface area (Å²) in [6, 6.07) is 11.5. The predicted molar refractivity (Wildman–Crippen MR) is 126 cm³/mol. The minimum Gasteiger partial charge on any atom is -0.444 e. The fourth-order valence-electron chi connectivity index (χ4n) is 3.85. The average molecular weight is 467 g/mol. The van der Waals surface area contributed by atoms with Crippen LogP contribution in [0.5, 0.6) is 0 Å². The van der Waals surface area contributed by atoms with Crippen LogP contribution in [-0.4, -0.2) is 47.9 Å². The summed E-state index contributed by atoms with van der Waals surface area (Å²) in [5.74, 6) is -0.160. The quantitative estimate of drug-likeness (QED) is 0.671. The maximum Gasteiger partial charge on any atom is 0.414 e. The zero-order chi connectivity index (χ0) is 24.5. The van der Waals surface area contributed by atoms with Gasteiger partial charge in [-0.15, -0.1) is 0 Å². The highest BCUT2D eigenvalue weighted by Gasteiger charge is 2.48. The van der Waals surface area contributed by atoms with Crippen LogP contribution in [0.4, 0.5) is 15.3 Å². The van der Waals surface area contributed by atoms with E-state index in [9.17, 15) is 14.4 Å². The van der Waals surface area contributed by atoms with Crippen molar-refractivity contribution in [3.8, 4) is 11.1 Å². The molecule has 1 saturated carbocycles. The number of cyclic esters (lactones) is 1. The van der Waals surface area contributed by atoms with Crippen molar-refractivity contribution in [1.82, 2.24) is 15.6 Å². The van der Waals surface area contributed by atoms with Gasteiger partial charge in [0.1, 0.15) is 11.7 Å². The van der Waals surface area contributed by atoms with Gasteiger partial charge in [-0.05, 0) is 57.4 Å². The van der Waals surface area contributed by atoms with Gasteiger partial charge in [0.15, 0.2) is 0 Å². The Hall–Kier alpha value is -3.62. The van der Waals surface area contributed by atoms with Crippen molar-refractivity contribution in [2.24, 2.45) is 0 Å². The molecule has 9 heteroatoms. The number of rotatable bonds is 6. The van der Waals surface area contributed by atoms with Crippen LogP contribution in [0.25, 0.3) is 11.1 Å². The van der Waals surface area contributed by atoms with Gasteiger partial charge < -0.3 is 20.1 Å². The summed E-state index contributed by atoms with van der Waals surface area (Å²) >= 11 is 0. The molecule has 2 fully saturated rings. The molecule has 2 heterocycles. The lowest BCUT2D eigenvalue weighted by Gasteiger charge is -2.23. The van der Waals surface area contributed by atoms with Crippen molar-refractivity contribution >= 4 is 23.8 Å². The fourth-order valence-corrected chi connectivity index (χ4v) is 3.85. The zero-order valence-corrected chi connectivity index (χ0v) is 19.9. The smallest absolute Gasteiger partial charge is 0.414 e. The average Bonchev–Trinajstić information content (AvgIpc) is 3.44. The molecule has 1 aromatic heterocycles. The van der Waals surface area contributed by atoms with Gasteiger partial charge in [0.05, 0.1) is 24.3 Å². The van der Waals surface area contributed by atoms with Crippen LogP contribution in [0.1, 0.15) is 46.2 Å². The summed E-state index contributed by atoms with van der Waals surface area (Å²) in [6.45, 7) is 7.60. The Morgan fingerprint density at radius 1 is 1.15 bits per heavy atom. The molecule has 9 nitrogen and oxygen atoms in total. The topological polar surface area (TPSA) is 110 Å². The standard InChI is InChI=1S/C25H30N4O5/c1-16(30)26-14-20-15-29(23(32)33-20)19-8-5-17(6-9-19)18-7-10-21(27-13-18)25(11-12-25)28-22(31)34-24(2,3)4/h5-10,13,20H,11-12,14-15H2,1-4H3,(H,26,30)(H,28,31). The number of benzene rings is 1. The van der Waals surface area contributed by atoms with E-state index >= 15 is 0 Å². The van der Waals surface area contributed by atoms with Crippen molar-refractivity contribution in [3.63, 3.8) is 0 Å². The van der Waals surface area contributed by atoms with E-state index in [1.807, 2.05) is 57.2 Å². The van der Waals surface area contributed by atoms with Crippen molar-refractivity contribution in [3.05, 3.63) is 48.3 Å². The molecule has 2 N–H and O–H groups in total. The van der Waals surface area contributed by atoms with E-state index in [-0.39, 0.29) is 18.6 Å². The van der Waals surface area contributed by atoms with Gasteiger partial charge in [0.2, 0.25) is 5.91 Å². The number of amides is 3. The summed E-state index contributed by atoms with van der Waals surface area (Å²) in [5.41, 5.74) is 2.40. The summed E-state index contributed by atoms with van der Waals surface area (Å²) in [4.78, 5) is 41.7. The third kappa shape index (κ3) is 5.47. The number of hydrogen-bond acceptors (Lipinski definition) is 6. The van der Waals surface area contributed by atoms with E-state index in [1.54, 1.807) is 11.1 Å². The molecule has 1 atom stereocenters. The third-order valence-electron chi connectivity index (χ3n) is 5.71. The van der Waals surface area contributed by atoms with E-state index in [0.29, 0.717) is 6.54 Å². The molecule has 34 heavy (non-hydrogen) atoms. The Morgan fingerprint density at radius 2 is 1.82 bits per heavy atom. The van der Waals surface area contributed by atoms with Gasteiger partial charge in [0, 0.05) is 24.4 Å². The summed E-state index contributed by atoms with van der Waals surface area (Å²) < 4.78 is 10.7. The number of nitrogens with zero attached hydrogens (tertiary/aromatic N) is 2. The number of carbonyl (C=O) groups excluding carboxylic acids is 3. The van der Waals surface area contributed by atoms with Crippen LogP contribution >= 0.6 is 0 Å². The maximum atomic E-state index is 12.2. The second-order valence-electron chi connectivity index (χ2n) is 9.74. The lowest BCUT2D eigenvalue weighted by atomic mass is 10.0. The largest absolute Gasteiger partial charge is 0.444 e. The van der Waals surface area contributed by atoms with Gasteiger partial charge in [0.25, 0.3) is 0 Å². The molecule has 0 spiro atoms. The molecule has 1 aromatic carbocycles. The molecular weight excluding hydrogens is 436 g/mol. The number of pyridine rings is 1. The zero-order valence-electron chi connectivity index (χ0n) is 19.9. The Kier molecular flexibility index (Phi) is 6.20. The predicted octanol–water partition coefficient (Wildman–Crippen LogP) is 3.72. The monoisotopic (exact) mass is 466 g/mol. The van der Waals surface area contributed by atoms with Gasteiger partial charge >= 0.3 is 12.2 Å². The number of anilines is 1. The van der Waals surface area contributed by atoms with Crippen LogP contribution < -0.4 is 15.5 Å². The second-order valence-corrected chi connectivity index (χ2v) is 9.74. The molecule has 1 aliphatic heterocycles. The summed E-state index contributed by atoms with van der Waals surface area (Å²) in [7, 11) is 0. The molecule has 2 aliphatic rings. The molecule has 3 amide bonds. The molecule has 1 saturated heterocycles. The van der Waals surface area contributed by atoms with E-state index in [1.165, 1.54) is 6.92 Å². The van der Waals surface area contributed by atoms with Crippen molar-refractivity contribution in [2.75, 3.05) is 18.0 Å². The number of carbonyl (C=O) groups is 3. The number of hydrogen-bond donors (Lipinski definition) is 2. The van der Waals surface area contributed by atoms with Gasteiger partial charge in [-0.1, -0.05) is 18.2 Å². The first-order valence-corrected chi connectivity index (χ1v) is 11.4. The van der Waals surface area contributed by atoms with Crippen molar-refractivity contribution in [2.45, 2.75) is 57.8 Å². The van der Waals surface area contributed by atoms with E-state index in [4.69, 9.17) is 9.47 Å². The summed E-state index contributed by atoms with van der Waals surface area (Å²) in [5, 5.41) is 5.64. The Labute approximate surface area is 198 Å². The van der Waals surface area contributed by atoms with Crippen LogP contribution in [-0.2, 0) is 19.8 Å². The normalized spacial score (nSPS) is 18.8. The highest BCUT2D eigenvalue weighted by atomic mass is 16.6. The van der Waals surface area contributed by atoms with E-state index in [2.05, 4.69) is 15.6 Å². The van der Waals surface area contributed by atoms with Crippen LogP contribution in [0, 0.1) is 0 Å². The molecule has 4 rings (SSSR count). The van der Waals surface area contributed by atoms with Gasteiger partial charge in [-0.3, -0.25) is 14.7 Å².